The second-order valence-corrected chi connectivity index (χ2v) is 7.20. The van der Waals surface area contributed by atoms with Crippen molar-refractivity contribution in [3.05, 3.63) is 70.8 Å². The van der Waals surface area contributed by atoms with Gasteiger partial charge in [0.15, 0.2) is 12.9 Å². The molecule has 0 aliphatic carbocycles. The topological polar surface area (TPSA) is 84.5 Å². The Hall–Kier alpha value is -3.67. The minimum Gasteiger partial charge on any atom is -0.483 e. The predicted octanol–water partition coefficient (Wildman–Crippen LogP) is 3.71. The number of aryl methyl sites for hydroxylation is 3. The van der Waals surface area contributed by atoms with E-state index in [9.17, 15) is 14.4 Å². The van der Waals surface area contributed by atoms with Crippen molar-refractivity contribution in [1.29, 1.82) is 0 Å². The molecule has 6 heteroatoms. The van der Waals surface area contributed by atoms with E-state index in [2.05, 4.69) is 10.6 Å². The zero-order chi connectivity index (χ0) is 21.7. The molecule has 3 rings (SSSR count). The van der Waals surface area contributed by atoms with Gasteiger partial charge in [-0.3, -0.25) is 14.4 Å². The van der Waals surface area contributed by atoms with Gasteiger partial charge in [-0.25, -0.2) is 0 Å². The molecule has 0 saturated carbocycles. The van der Waals surface area contributed by atoms with Gasteiger partial charge in [0, 0.05) is 5.69 Å². The Balaban J connectivity index is 1.56. The van der Waals surface area contributed by atoms with Gasteiger partial charge in [0.25, 0.3) is 5.91 Å². The fourth-order valence-corrected chi connectivity index (χ4v) is 3.46. The molecule has 0 spiro atoms. The van der Waals surface area contributed by atoms with Gasteiger partial charge < -0.3 is 15.4 Å². The molecular formula is C24H24N2O4. The van der Waals surface area contributed by atoms with Crippen LogP contribution in [-0.2, 0) is 9.59 Å². The van der Waals surface area contributed by atoms with Crippen molar-refractivity contribution in [3.8, 4) is 5.75 Å². The zero-order valence-electron chi connectivity index (χ0n) is 17.2. The molecule has 2 amide bonds. The van der Waals surface area contributed by atoms with E-state index in [4.69, 9.17) is 4.74 Å². The summed E-state index contributed by atoms with van der Waals surface area (Å²) in [4.78, 5) is 35.8. The molecule has 0 aromatic heterocycles. The van der Waals surface area contributed by atoms with Crippen molar-refractivity contribution >= 4 is 34.6 Å². The monoisotopic (exact) mass is 404 g/mol. The van der Waals surface area contributed by atoms with E-state index in [1.54, 1.807) is 6.07 Å². The fraction of sp³-hybridized carbons (Fsp3) is 0.208. The van der Waals surface area contributed by atoms with Crippen LogP contribution in [0.4, 0.5) is 5.69 Å². The second-order valence-electron chi connectivity index (χ2n) is 7.20. The minimum absolute atomic E-state index is 0.173. The normalized spacial score (nSPS) is 10.5. The van der Waals surface area contributed by atoms with Crippen LogP contribution in [0.15, 0.2) is 48.5 Å². The van der Waals surface area contributed by atoms with E-state index in [1.807, 2.05) is 63.2 Å². The number of aldehydes is 1. The van der Waals surface area contributed by atoms with E-state index in [1.165, 1.54) is 0 Å². The number of benzene rings is 3. The van der Waals surface area contributed by atoms with E-state index in [0.29, 0.717) is 11.3 Å². The summed E-state index contributed by atoms with van der Waals surface area (Å²) in [6, 6.07) is 14.9. The number of fused-ring (bicyclic) bond motifs is 1. The Morgan fingerprint density at radius 2 is 1.67 bits per heavy atom. The van der Waals surface area contributed by atoms with Crippen molar-refractivity contribution < 1.29 is 19.1 Å². The maximum Gasteiger partial charge on any atom is 0.258 e. The lowest BCUT2D eigenvalue weighted by molar-refractivity contribution is -0.125. The molecule has 2 N–H and O–H groups in total. The molecular weight excluding hydrogens is 380 g/mol. The number of hydrogen-bond donors (Lipinski definition) is 2. The predicted molar refractivity (Wildman–Crippen MR) is 117 cm³/mol. The number of anilines is 1. The van der Waals surface area contributed by atoms with Crippen LogP contribution in [0.1, 0.15) is 27.0 Å². The summed E-state index contributed by atoms with van der Waals surface area (Å²) in [6.45, 7) is 5.38. The molecule has 0 heterocycles. The number of amides is 2. The molecule has 0 unspecified atom stereocenters. The van der Waals surface area contributed by atoms with Crippen LogP contribution in [0, 0.1) is 20.8 Å². The number of ether oxygens (including phenoxy) is 1. The standard InChI is InChI=1S/C24H24N2O4/c1-15-10-16(2)24(17(3)11-15)26-22(28)12-25-23(29)14-30-21-9-8-18-6-4-5-7-19(18)20(21)13-27/h4-11,13H,12,14H2,1-3H3,(H,25,29)(H,26,28). The molecule has 0 radical (unpaired) electrons. The van der Waals surface area contributed by atoms with E-state index < -0.39 is 5.91 Å². The van der Waals surface area contributed by atoms with Gasteiger partial charge in [-0.2, -0.15) is 0 Å². The van der Waals surface area contributed by atoms with Gasteiger partial charge in [0.05, 0.1) is 12.1 Å². The molecule has 0 aliphatic rings. The third-order valence-corrected chi connectivity index (χ3v) is 4.79. The number of nitrogens with one attached hydrogen (secondary N) is 2. The Morgan fingerprint density at radius 1 is 0.967 bits per heavy atom. The third-order valence-electron chi connectivity index (χ3n) is 4.79. The van der Waals surface area contributed by atoms with Gasteiger partial charge >= 0.3 is 0 Å². The molecule has 0 saturated heterocycles. The SMILES string of the molecule is Cc1cc(C)c(NC(=O)CNC(=O)COc2ccc3ccccc3c2C=O)c(C)c1. The number of hydrogen-bond acceptors (Lipinski definition) is 4. The molecule has 3 aromatic rings. The molecule has 3 aromatic carbocycles. The Bertz CT molecular complexity index is 1100. The average molecular weight is 404 g/mol. The first kappa shape index (κ1) is 21.0. The number of carbonyl (C=O) groups excluding carboxylic acids is 3. The van der Waals surface area contributed by atoms with Gasteiger partial charge in [-0.1, -0.05) is 48.0 Å². The Morgan fingerprint density at radius 3 is 2.37 bits per heavy atom. The van der Waals surface area contributed by atoms with Crippen molar-refractivity contribution in [1.82, 2.24) is 5.32 Å². The van der Waals surface area contributed by atoms with E-state index in [0.717, 1.165) is 39.4 Å². The largest absolute Gasteiger partial charge is 0.483 e. The highest BCUT2D eigenvalue weighted by Gasteiger charge is 2.12. The van der Waals surface area contributed by atoms with Gasteiger partial charge in [-0.15, -0.1) is 0 Å². The summed E-state index contributed by atoms with van der Waals surface area (Å²) in [6.07, 6.45) is 0.718. The van der Waals surface area contributed by atoms with Crippen molar-refractivity contribution in [2.45, 2.75) is 20.8 Å². The Labute approximate surface area is 175 Å². The average Bonchev–Trinajstić information content (AvgIpc) is 2.72. The van der Waals surface area contributed by atoms with Crippen LogP contribution in [0.25, 0.3) is 10.8 Å². The zero-order valence-corrected chi connectivity index (χ0v) is 17.2. The summed E-state index contributed by atoms with van der Waals surface area (Å²) < 4.78 is 5.52. The van der Waals surface area contributed by atoms with E-state index >= 15 is 0 Å². The van der Waals surface area contributed by atoms with Crippen molar-refractivity contribution in [2.24, 2.45) is 0 Å². The number of rotatable bonds is 7. The van der Waals surface area contributed by atoms with Crippen LogP contribution < -0.4 is 15.4 Å². The molecule has 6 nitrogen and oxygen atoms in total. The first-order valence-electron chi connectivity index (χ1n) is 9.63. The molecule has 0 fully saturated rings. The maximum atomic E-state index is 12.2. The van der Waals surface area contributed by atoms with Crippen LogP contribution in [-0.4, -0.2) is 31.3 Å². The maximum absolute atomic E-state index is 12.2. The first-order chi connectivity index (χ1) is 14.4. The van der Waals surface area contributed by atoms with Gasteiger partial charge in [0.1, 0.15) is 5.75 Å². The first-order valence-corrected chi connectivity index (χ1v) is 9.63. The van der Waals surface area contributed by atoms with Crippen molar-refractivity contribution in [2.75, 3.05) is 18.5 Å². The molecule has 0 atom stereocenters. The number of carbonyl (C=O) groups is 3. The summed E-state index contributed by atoms with van der Waals surface area (Å²) in [7, 11) is 0. The highest BCUT2D eigenvalue weighted by molar-refractivity contribution is 6.01. The molecule has 0 bridgehead atoms. The smallest absolute Gasteiger partial charge is 0.258 e. The fourth-order valence-electron chi connectivity index (χ4n) is 3.46. The molecule has 30 heavy (non-hydrogen) atoms. The highest BCUT2D eigenvalue weighted by atomic mass is 16.5. The summed E-state index contributed by atoms with van der Waals surface area (Å²) in [5.41, 5.74) is 4.20. The minimum atomic E-state index is -0.451. The van der Waals surface area contributed by atoms with Crippen LogP contribution in [0.3, 0.4) is 0 Å². The van der Waals surface area contributed by atoms with Crippen LogP contribution in [0.5, 0.6) is 5.75 Å². The summed E-state index contributed by atoms with van der Waals surface area (Å²) in [5, 5.41) is 7.04. The lowest BCUT2D eigenvalue weighted by atomic mass is 10.0. The van der Waals surface area contributed by atoms with Gasteiger partial charge in [-0.05, 0) is 48.7 Å². The van der Waals surface area contributed by atoms with Crippen LogP contribution >= 0.6 is 0 Å². The highest BCUT2D eigenvalue weighted by Crippen LogP contribution is 2.26. The van der Waals surface area contributed by atoms with Gasteiger partial charge in [0.2, 0.25) is 5.91 Å². The quantitative estimate of drug-likeness (QED) is 0.588. The third kappa shape index (κ3) is 4.84. The van der Waals surface area contributed by atoms with Crippen LogP contribution in [0.2, 0.25) is 0 Å². The lowest BCUT2D eigenvalue weighted by Gasteiger charge is -2.14. The van der Waals surface area contributed by atoms with Crippen molar-refractivity contribution in [3.63, 3.8) is 0 Å². The molecule has 0 aliphatic heterocycles. The Kier molecular flexibility index (Phi) is 6.47. The molecule has 154 valence electrons. The second kappa shape index (κ2) is 9.22. The summed E-state index contributed by atoms with van der Waals surface area (Å²) >= 11 is 0. The lowest BCUT2D eigenvalue weighted by Crippen LogP contribution is -2.36. The van der Waals surface area contributed by atoms with E-state index in [-0.39, 0.29) is 19.1 Å². The summed E-state index contributed by atoms with van der Waals surface area (Å²) in [5.74, 6) is -0.445.